The highest BCUT2D eigenvalue weighted by Crippen LogP contribution is 2.06. The Morgan fingerprint density at radius 3 is 2.67 bits per heavy atom. The molecule has 0 aromatic heterocycles. The molecular formula is C16H24N2O2S. The van der Waals surface area contributed by atoms with Crippen LogP contribution in [0.25, 0.3) is 0 Å². The van der Waals surface area contributed by atoms with Gasteiger partial charge < -0.3 is 15.4 Å². The Hall–Kier alpha value is -1.62. The Morgan fingerprint density at radius 2 is 1.95 bits per heavy atom. The lowest BCUT2D eigenvalue weighted by Crippen LogP contribution is -2.35. The predicted molar refractivity (Wildman–Crippen MR) is 89.1 cm³/mol. The first-order valence-electron chi connectivity index (χ1n) is 7.26. The smallest absolute Gasteiger partial charge is 0.305 e. The lowest BCUT2D eigenvalue weighted by Gasteiger charge is -2.11. The van der Waals surface area contributed by atoms with E-state index >= 15 is 0 Å². The molecule has 0 aliphatic carbocycles. The second-order valence-corrected chi connectivity index (χ2v) is 5.33. The molecule has 0 aliphatic heterocycles. The third-order valence-corrected chi connectivity index (χ3v) is 3.56. The van der Waals surface area contributed by atoms with E-state index in [2.05, 4.69) is 34.4 Å². The number of ether oxygens (including phenoxy) is 1. The van der Waals surface area contributed by atoms with Crippen LogP contribution >= 0.6 is 12.2 Å². The van der Waals surface area contributed by atoms with Crippen LogP contribution < -0.4 is 10.6 Å². The van der Waals surface area contributed by atoms with Crippen molar-refractivity contribution in [2.45, 2.75) is 39.2 Å². The first-order valence-corrected chi connectivity index (χ1v) is 7.67. The lowest BCUT2D eigenvalue weighted by atomic mass is 10.1. The van der Waals surface area contributed by atoms with Gasteiger partial charge in [-0.2, -0.15) is 0 Å². The van der Waals surface area contributed by atoms with Crippen molar-refractivity contribution in [3.05, 3.63) is 35.4 Å². The van der Waals surface area contributed by atoms with E-state index in [0.29, 0.717) is 11.5 Å². The Bertz CT molecular complexity index is 463. The van der Waals surface area contributed by atoms with E-state index in [1.54, 1.807) is 0 Å². The number of esters is 1. The van der Waals surface area contributed by atoms with Gasteiger partial charge in [-0.3, -0.25) is 4.79 Å². The zero-order valence-corrected chi connectivity index (χ0v) is 13.6. The van der Waals surface area contributed by atoms with Gasteiger partial charge in [0.15, 0.2) is 5.11 Å². The summed E-state index contributed by atoms with van der Waals surface area (Å²) in [6.07, 6.45) is 3.33. The summed E-state index contributed by atoms with van der Waals surface area (Å²) in [7, 11) is 1.42. The predicted octanol–water partition coefficient (Wildman–Crippen LogP) is 2.69. The summed E-state index contributed by atoms with van der Waals surface area (Å²) in [6, 6.07) is 8.25. The molecule has 0 unspecified atom stereocenters. The van der Waals surface area contributed by atoms with E-state index in [1.165, 1.54) is 18.2 Å². The van der Waals surface area contributed by atoms with Gasteiger partial charge in [-0.15, -0.1) is 0 Å². The number of unbranched alkanes of at least 4 members (excludes halogenated alkanes) is 2. The van der Waals surface area contributed by atoms with Crippen molar-refractivity contribution in [3.63, 3.8) is 0 Å². The number of aryl methyl sites for hydroxylation is 1. The average molecular weight is 308 g/mol. The van der Waals surface area contributed by atoms with Crippen molar-refractivity contribution in [2.75, 3.05) is 13.7 Å². The van der Waals surface area contributed by atoms with Crippen molar-refractivity contribution >= 4 is 23.3 Å². The van der Waals surface area contributed by atoms with E-state index < -0.39 is 0 Å². The first-order chi connectivity index (χ1) is 10.1. The van der Waals surface area contributed by atoms with Crippen molar-refractivity contribution in [1.29, 1.82) is 0 Å². The Morgan fingerprint density at radius 1 is 1.19 bits per heavy atom. The molecule has 4 nitrogen and oxygen atoms in total. The molecule has 5 heteroatoms. The number of hydrogen-bond acceptors (Lipinski definition) is 3. The van der Waals surface area contributed by atoms with Gasteiger partial charge in [-0.25, -0.2) is 0 Å². The molecule has 1 aromatic carbocycles. The maximum absolute atomic E-state index is 10.9. The van der Waals surface area contributed by atoms with E-state index in [1.807, 2.05) is 12.1 Å². The minimum absolute atomic E-state index is 0.140. The molecular weight excluding hydrogens is 284 g/mol. The summed E-state index contributed by atoms with van der Waals surface area (Å²) in [5, 5.41) is 7.06. The van der Waals surface area contributed by atoms with Gasteiger partial charge in [0, 0.05) is 19.5 Å². The number of rotatable bonds is 8. The van der Waals surface area contributed by atoms with Gasteiger partial charge in [0.25, 0.3) is 0 Å². The van der Waals surface area contributed by atoms with Crippen LogP contribution in [0.4, 0.5) is 0 Å². The van der Waals surface area contributed by atoms with E-state index in [4.69, 9.17) is 12.2 Å². The molecule has 0 atom stereocenters. The number of carbonyl (C=O) groups excluding carboxylic acids is 1. The van der Waals surface area contributed by atoms with E-state index in [0.717, 1.165) is 32.4 Å². The van der Waals surface area contributed by atoms with Gasteiger partial charge >= 0.3 is 5.97 Å². The summed E-state index contributed by atoms with van der Waals surface area (Å²) in [5.74, 6) is -0.140. The molecule has 21 heavy (non-hydrogen) atoms. The Labute approximate surface area is 132 Å². The molecule has 0 bridgehead atoms. The van der Waals surface area contributed by atoms with E-state index in [9.17, 15) is 4.79 Å². The van der Waals surface area contributed by atoms with Crippen LogP contribution in [0.5, 0.6) is 0 Å². The summed E-state index contributed by atoms with van der Waals surface area (Å²) in [4.78, 5) is 10.9. The Balaban J connectivity index is 2.07. The topological polar surface area (TPSA) is 50.4 Å². The van der Waals surface area contributed by atoms with Crippen LogP contribution in [-0.2, 0) is 16.1 Å². The highest BCUT2D eigenvalue weighted by molar-refractivity contribution is 7.80. The fraction of sp³-hybridized carbons (Fsp3) is 0.500. The highest BCUT2D eigenvalue weighted by Gasteiger charge is 2.00. The van der Waals surface area contributed by atoms with Gasteiger partial charge in [0.2, 0.25) is 0 Å². The molecule has 0 aliphatic rings. The van der Waals surface area contributed by atoms with Crippen LogP contribution in [0.2, 0.25) is 0 Å². The maximum Gasteiger partial charge on any atom is 0.305 e. The number of hydrogen-bond donors (Lipinski definition) is 2. The van der Waals surface area contributed by atoms with Crippen molar-refractivity contribution in [3.8, 4) is 0 Å². The molecule has 2 N–H and O–H groups in total. The minimum Gasteiger partial charge on any atom is -0.469 e. The normalized spacial score (nSPS) is 10.0. The average Bonchev–Trinajstić information content (AvgIpc) is 2.49. The highest BCUT2D eigenvalue weighted by atomic mass is 32.1. The molecule has 0 radical (unpaired) electrons. The third-order valence-electron chi connectivity index (χ3n) is 3.27. The van der Waals surface area contributed by atoms with Crippen LogP contribution in [-0.4, -0.2) is 24.7 Å². The molecule has 0 fully saturated rings. The van der Waals surface area contributed by atoms with Crippen molar-refractivity contribution in [1.82, 2.24) is 10.6 Å². The fourth-order valence-electron chi connectivity index (χ4n) is 1.92. The molecule has 1 aromatic rings. The summed E-state index contributed by atoms with van der Waals surface area (Å²) in [6.45, 7) is 3.65. The van der Waals surface area contributed by atoms with Gasteiger partial charge in [0.05, 0.1) is 7.11 Å². The number of nitrogens with one attached hydrogen (secondary N) is 2. The SMILES string of the molecule is COC(=O)CCCCCNC(=S)NCc1ccccc1C. The Kier molecular flexibility index (Phi) is 8.43. The molecule has 0 saturated carbocycles. The summed E-state index contributed by atoms with van der Waals surface area (Å²) >= 11 is 5.24. The second kappa shape index (κ2) is 10.2. The molecule has 116 valence electrons. The maximum atomic E-state index is 10.9. The molecule has 0 heterocycles. The molecule has 1 rings (SSSR count). The van der Waals surface area contributed by atoms with Crippen LogP contribution in [0, 0.1) is 6.92 Å². The molecule has 0 spiro atoms. The zero-order chi connectivity index (χ0) is 15.5. The largest absolute Gasteiger partial charge is 0.469 e. The second-order valence-electron chi connectivity index (χ2n) is 4.92. The van der Waals surface area contributed by atoms with Crippen LogP contribution in [0.3, 0.4) is 0 Å². The summed E-state index contributed by atoms with van der Waals surface area (Å²) in [5.41, 5.74) is 2.51. The number of benzene rings is 1. The monoisotopic (exact) mass is 308 g/mol. The minimum atomic E-state index is -0.140. The van der Waals surface area contributed by atoms with Gasteiger partial charge in [-0.1, -0.05) is 30.7 Å². The number of thiocarbonyl (C=S) groups is 1. The zero-order valence-electron chi connectivity index (χ0n) is 12.8. The number of carbonyl (C=O) groups is 1. The lowest BCUT2D eigenvalue weighted by molar-refractivity contribution is -0.140. The molecule has 0 saturated heterocycles. The molecule has 0 amide bonds. The van der Waals surface area contributed by atoms with Crippen LogP contribution in [0.15, 0.2) is 24.3 Å². The fourth-order valence-corrected chi connectivity index (χ4v) is 2.10. The summed E-state index contributed by atoms with van der Waals surface area (Å²) < 4.78 is 4.59. The van der Waals surface area contributed by atoms with Crippen molar-refractivity contribution < 1.29 is 9.53 Å². The third kappa shape index (κ3) is 7.66. The first kappa shape index (κ1) is 17.4. The number of methoxy groups -OCH3 is 1. The van der Waals surface area contributed by atoms with Gasteiger partial charge in [0.1, 0.15) is 0 Å². The van der Waals surface area contributed by atoms with E-state index in [-0.39, 0.29) is 5.97 Å². The standard InChI is InChI=1S/C16H24N2O2S/c1-13-8-5-6-9-14(13)12-18-16(21)17-11-7-3-4-10-15(19)20-2/h5-6,8-9H,3-4,7,10-12H2,1-2H3,(H2,17,18,21). The quantitative estimate of drug-likeness (QED) is 0.439. The van der Waals surface area contributed by atoms with Gasteiger partial charge in [-0.05, 0) is 43.1 Å². The van der Waals surface area contributed by atoms with Crippen molar-refractivity contribution in [2.24, 2.45) is 0 Å². The van der Waals surface area contributed by atoms with Crippen LogP contribution in [0.1, 0.15) is 36.8 Å².